The Morgan fingerprint density at radius 2 is 1.70 bits per heavy atom. The van der Waals surface area contributed by atoms with Gasteiger partial charge in [-0.1, -0.05) is 12.1 Å². The highest BCUT2D eigenvalue weighted by Crippen LogP contribution is 2.14. The maximum Gasteiger partial charge on any atom is 0.275 e. The van der Waals surface area contributed by atoms with Crippen molar-refractivity contribution in [3.63, 3.8) is 0 Å². The van der Waals surface area contributed by atoms with Crippen LogP contribution in [0.5, 0.6) is 0 Å². The Hall–Kier alpha value is -3.42. The van der Waals surface area contributed by atoms with Crippen LogP contribution in [0.25, 0.3) is 0 Å². The van der Waals surface area contributed by atoms with E-state index in [0.29, 0.717) is 18.8 Å². The van der Waals surface area contributed by atoms with Crippen molar-refractivity contribution in [3.05, 3.63) is 83.6 Å². The van der Waals surface area contributed by atoms with Gasteiger partial charge in [-0.2, -0.15) is 0 Å². The number of carbonyl (C=O) groups is 1. The van der Waals surface area contributed by atoms with Gasteiger partial charge in [-0.15, -0.1) is 0 Å². The van der Waals surface area contributed by atoms with Crippen molar-refractivity contribution in [1.82, 2.24) is 9.97 Å². The van der Waals surface area contributed by atoms with Crippen LogP contribution in [-0.4, -0.2) is 22.4 Å². The molecule has 2 aromatic carbocycles. The van der Waals surface area contributed by atoms with Crippen LogP contribution in [-0.2, 0) is 6.42 Å². The van der Waals surface area contributed by atoms with E-state index in [2.05, 4.69) is 20.6 Å². The summed E-state index contributed by atoms with van der Waals surface area (Å²) in [6.45, 7) is 0.556. The van der Waals surface area contributed by atoms with Gasteiger partial charge in [0.1, 0.15) is 17.3 Å². The van der Waals surface area contributed by atoms with Crippen LogP contribution in [0.1, 0.15) is 16.1 Å². The number of hydrogen-bond acceptors (Lipinski definition) is 4. The minimum Gasteiger partial charge on any atom is -0.368 e. The fourth-order valence-electron chi connectivity index (χ4n) is 2.29. The van der Waals surface area contributed by atoms with Gasteiger partial charge in [0.15, 0.2) is 11.6 Å². The average Bonchev–Trinajstić information content (AvgIpc) is 2.67. The Morgan fingerprint density at radius 3 is 2.37 bits per heavy atom. The molecule has 0 unspecified atom stereocenters. The summed E-state index contributed by atoms with van der Waals surface area (Å²) in [5.74, 6) is -2.45. The summed E-state index contributed by atoms with van der Waals surface area (Å²) >= 11 is 0. The summed E-state index contributed by atoms with van der Waals surface area (Å²) in [4.78, 5) is 20.2. The second kappa shape index (κ2) is 8.31. The number of nitrogens with zero attached hydrogens (tertiary/aromatic N) is 2. The number of hydrogen-bond donors (Lipinski definition) is 2. The number of rotatable bonds is 6. The third-order valence-electron chi connectivity index (χ3n) is 3.70. The van der Waals surface area contributed by atoms with Gasteiger partial charge in [0.25, 0.3) is 5.91 Å². The lowest BCUT2D eigenvalue weighted by Crippen LogP contribution is -2.15. The number of carbonyl (C=O) groups excluding carboxylic acids is 1. The maximum atomic E-state index is 13.2. The Balaban J connectivity index is 1.53. The zero-order chi connectivity index (χ0) is 19.2. The Bertz CT molecular complexity index is 931. The van der Waals surface area contributed by atoms with Crippen molar-refractivity contribution >= 4 is 17.4 Å². The molecule has 5 nitrogen and oxygen atoms in total. The fourth-order valence-corrected chi connectivity index (χ4v) is 2.29. The van der Waals surface area contributed by atoms with Crippen LogP contribution in [0.4, 0.5) is 24.7 Å². The van der Waals surface area contributed by atoms with E-state index in [1.54, 1.807) is 12.1 Å². The molecule has 0 radical (unpaired) electrons. The summed E-state index contributed by atoms with van der Waals surface area (Å²) in [6, 6.07) is 9.25. The van der Waals surface area contributed by atoms with Crippen molar-refractivity contribution in [2.75, 3.05) is 17.2 Å². The lowest BCUT2D eigenvalue weighted by molar-refractivity contribution is 0.102. The first-order chi connectivity index (χ1) is 13.0. The van der Waals surface area contributed by atoms with E-state index in [1.807, 2.05) is 0 Å². The number of anilines is 2. The van der Waals surface area contributed by atoms with E-state index in [1.165, 1.54) is 30.6 Å². The van der Waals surface area contributed by atoms with Gasteiger partial charge in [-0.25, -0.2) is 23.1 Å². The molecule has 0 atom stereocenters. The van der Waals surface area contributed by atoms with E-state index in [9.17, 15) is 18.0 Å². The van der Waals surface area contributed by atoms with Gasteiger partial charge in [0.2, 0.25) is 0 Å². The molecule has 1 aromatic heterocycles. The number of nitrogens with one attached hydrogen (secondary N) is 2. The van der Waals surface area contributed by atoms with Crippen LogP contribution in [0, 0.1) is 17.5 Å². The molecule has 0 bridgehead atoms. The molecular formula is C19H15F3N4O. The molecule has 0 aliphatic heterocycles. The quantitative estimate of drug-likeness (QED) is 0.691. The molecule has 2 N–H and O–H groups in total. The minimum atomic E-state index is -1.06. The number of benzene rings is 2. The van der Waals surface area contributed by atoms with Crippen molar-refractivity contribution in [3.8, 4) is 0 Å². The first-order valence-corrected chi connectivity index (χ1v) is 8.08. The number of aromatic nitrogens is 2. The molecule has 1 heterocycles. The van der Waals surface area contributed by atoms with Crippen LogP contribution in [0.3, 0.4) is 0 Å². The summed E-state index contributed by atoms with van der Waals surface area (Å²) in [6.07, 6.45) is 3.33. The Morgan fingerprint density at radius 1 is 0.926 bits per heavy atom. The van der Waals surface area contributed by atoms with Gasteiger partial charge in [0, 0.05) is 18.3 Å². The van der Waals surface area contributed by atoms with E-state index >= 15 is 0 Å². The molecule has 138 valence electrons. The molecule has 8 heteroatoms. The predicted molar refractivity (Wildman–Crippen MR) is 94.9 cm³/mol. The van der Waals surface area contributed by atoms with Crippen molar-refractivity contribution in [2.45, 2.75) is 6.42 Å². The molecule has 3 rings (SSSR count). The molecule has 0 aliphatic rings. The third kappa shape index (κ3) is 5.04. The van der Waals surface area contributed by atoms with Crippen molar-refractivity contribution in [2.24, 2.45) is 0 Å². The lowest BCUT2D eigenvalue weighted by Gasteiger charge is -2.07. The molecule has 0 saturated heterocycles. The SMILES string of the molecule is O=C(Nc1ccc(F)c(F)c1)c1cnc(NCCc2ccc(F)cc2)cn1. The van der Waals surface area contributed by atoms with E-state index in [-0.39, 0.29) is 17.2 Å². The highest BCUT2D eigenvalue weighted by Gasteiger charge is 2.10. The van der Waals surface area contributed by atoms with Crippen LogP contribution >= 0.6 is 0 Å². The zero-order valence-electron chi connectivity index (χ0n) is 14.0. The van der Waals surface area contributed by atoms with Gasteiger partial charge in [0.05, 0.1) is 12.4 Å². The summed E-state index contributed by atoms with van der Waals surface area (Å²) in [5.41, 5.74) is 1.12. The highest BCUT2D eigenvalue weighted by atomic mass is 19.2. The molecule has 1 amide bonds. The van der Waals surface area contributed by atoms with Gasteiger partial charge < -0.3 is 10.6 Å². The smallest absolute Gasteiger partial charge is 0.275 e. The highest BCUT2D eigenvalue weighted by molar-refractivity contribution is 6.02. The molecule has 0 saturated carbocycles. The van der Waals surface area contributed by atoms with E-state index < -0.39 is 17.5 Å². The average molecular weight is 372 g/mol. The summed E-state index contributed by atoms with van der Waals surface area (Å²) in [5, 5.41) is 5.46. The third-order valence-corrected chi connectivity index (χ3v) is 3.70. The largest absolute Gasteiger partial charge is 0.368 e. The Labute approximate surface area is 153 Å². The monoisotopic (exact) mass is 372 g/mol. The van der Waals surface area contributed by atoms with Crippen LogP contribution < -0.4 is 10.6 Å². The predicted octanol–water partition coefficient (Wildman–Crippen LogP) is 3.80. The maximum absolute atomic E-state index is 13.2. The molecule has 0 aliphatic carbocycles. The molecular weight excluding hydrogens is 357 g/mol. The first kappa shape index (κ1) is 18.4. The van der Waals surface area contributed by atoms with Gasteiger partial charge in [-0.3, -0.25) is 4.79 Å². The molecule has 0 spiro atoms. The van der Waals surface area contributed by atoms with E-state index in [4.69, 9.17) is 0 Å². The van der Waals surface area contributed by atoms with Gasteiger partial charge in [-0.05, 0) is 36.2 Å². The summed E-state index contributed by atoms with van der Waals surface area (Å²) in [7, 11) is 0. The van der Waals surface area contributed by atoms with Crippen LogP contribution in [0.2, 0.25) is 0 Å². The van der Waals surface area contributed by atoms with Crippen LogP contribution in [0.15, 0.2) is 54.9 Å². The van der Waals surface area contributed by atoms with Crippen molar-refractivity contribution < 1.29 is 18.0 Å². The molecule has 0 fully saturated rings. The molecule has 27 heavy (non-hydrogen) atoms. The Kier molecular flexibility index (Phi) is 5.65. The van der Waals surface area contributed by atoms with E-state index in [0.717, 1.165) is 17.7 Å². The second-order valence-electron chi connectivity index (χ2n) is 5.67. The standard InChI is InChI=1S/C19H15F3N4O/c20-13-3-1-12(2-4-13)7-8-23-18-11-24-17(10-25-18)19(27)26-14-5-6-15(21)16(22)9-14/h1-6,9-11H,7-8H2,(H,23,25)(H,26,27). The topological polar surface area (TPSA) is 66.9 Å². The van der Waals surface area contributed by atoms with Gasteiger partial charge >= 0.3 is 0 Å². The fraction of sp³-hybridized carbons (Fsp3) is 0.105. The molecule has 3 aromatic rings. The summed E-state index contributed by atoms with van der Waals surface area (Å²) < 4.78 is 38.9. The number of amides is 1. The lowest BCUT2D eigenvalue weighted by atomic mass is 10.1. The zero-order valence-corrected chi connectivity index (χ0v) is 14.0. The first-order valence-electron chi connectivity index (χ1n) is 8.08. The van der Waals surface area contributed by atoms with Crippen molar-refractivity contribution in [1.29, 1.82) is 0 Å². The normalized spacial score (nSPS) is 10.5. The second-order valence-corrected chi connectivity index (χ2v) is 5.67. The number of halogens is 3. The minimum absolute atomic E-state index is 0.0313.